The van der Waals surface area contributed by atoms with Crippen LogP contribution in [0.3, 0.4) is 0 Å². The standard InChI is InChI=1S/C21H18FN3/c1-14-20(16-6-2-4-8-18(16)24-14)21(15-10-12-23-13-11-15)25-19-9-5-3-7-17(19)22/h2-13,21,24-25H,1H3. The van der Waals surface area contributed by atoms with Gasteiger partial charge in [0.25, 0.3) is 0 Å². The van der Waals surface area contributed by atoms with Gasteiger partial charge in [-0.3, -0.25) is 4.98 Å². The van der Waals surface area contributed by atoms with Crippen LogP contribution in [0.25, 0.3) is 10.9 Å². The Morgan fingerprint density at radius 1 is 0.960 bits per heavy atom. The van der Waals surface area contributed by atoms with Crippen LogP contribution < -0.4 is 5.32 Å². The zero-order valence-corrected chi connectivity index (χ0v) is 13.8. The SMILES string of the molecule is Cc1[nH]c2ccccc2c1C(Nc1ccccc1F)c1ccncc1. The Kier molecular flexibility index (Phi) is 3.94. The molecule has 0 radical (unpaired) electrons. The molecule has 25 heavy (non-hydrogen) atoms. The quantitative estimate of drug-likeness (QED) is 0.539. The maximum absolute atomic E-state index is 14.2. The molecule has 2 heterocycles. The summed E-state index contributed by atoms with van der Waals surface area (Å²) in [5, 5.41) is 4.51. The minimum absolute atomic E-state index is 0.184. The lowest BCUT2D eigenvalue weighted by molar-refractivity contribution is 0.628. The molecule has 0 saturated carbocycles. The predicted octanol–water partition coefficient (Wildman–Crippen LogP) is 5.21. The Morgan fingerprint density at radius 2 is 1.68 bits per heavy atom. The van der Waals surface area contributed by atoms with E-state index >= 15 is 0 Å². The van der Waals surface area contributed by atoms with Gasteiger partial charge in [0.15, 0.2) is 0 Å². The van der Waals surface area contributed by atoms with Crippen LogP contribution in [0.4, 0.5) is 10.1 Å². The third-order valence-electron chi connectivity index (χ3n) is 4.45. The number of hydrogen-bond donors (Lipinski definition) is 2. The molecule has 124 valence electrons. The summed E-state index contributed by atoms with van der Waals surface area (Å²) < 4.78 is 14.2. The van der Waals surface area contributed by atoms with Crippen LogP contribution in [-0.2, 0) is 0 Å². The van der Waals surface area contributed by atoms with Gasteiger partial charge in [-0.15, -0.1) is 0 Å². The number of anilines is 1. The molecule has 0 spiro atoms. The average Bonchev–Trinajstić information content (AvgIpc) is 2.97. The summed E-state index contributed by atoms with van der Waals surface area (Å²) in [5.41, 5.74) is 4.77. The van der Waals surface area contributed by atoms with Crippen molar-refractivity contribution >= 4 is 16.6 Å². The fourth-order valence-electron chi connectivity index (χ4n) is 3.28. The van der Waals surface area contributed by atoms with Gasteiger partial charge in [-0.1, -0.05) is 30.3 Å². The number of rotatable bonds is 4. The number of halogens is 1. The summed E-state index contributed by atoms with van der Waals surface area (Å²) in [5.74, 6) is -0.265. The van der Waals surface area contributed by atoms with Gasteiger partial charge in [0.1, 0.15) is 5.82 Å². The summed E-state index contributed by atoms with van der Waals surface area (Å²) in [7, 11) is 0. The van der Waals surface area contributed by atoms with E-state index in [-0.39, 0.29) is 11.9 Å². The van der Waals surface area contributed by atoms with E-state index in [1.165, 1.54) is 6.07 Å². The molecule has 2 aromatic carbocycles. The summed E-state index contributed by atoms with van der Waals surface area (Å²) in [4.78, 5) is 7.54. The first-order valence-electron chi connectivity index (χ1n) is 8.22. The molecular formula is C21H18FN3. The molecule has 0 bridgehead atoms. The number of hydrogen-bond acceptors (Lipinski definition) is 2. The molecule has 4 heteroatoms. The van der Waals surface area contributed by atoms with Crippen molar-refractivity contribution < 1.29 is 4.39 Å². The Morgan fingerprint density at radius 3 is 2.48 bits per heavy atom. The number of benzene rings is 2. The van der Waals surface area contributed by atoms with Gasteiger partial charge in [0.05, 0.1) is 11.7 Å². The van der Waals surface area contributed by atoms with E-state index in [2.05, 4.69) is 27.4 Å². The van der Waals surface area contributed by atoms with Gasteiger partial charge in [0, 0.05) is 34.6 Å². The molecule has 0 aliphatic rings. The van der Waals surface area contributed by atoms with Crippen molar-refractivity contribution in [2.75, 3.05) is 5.32 Å². The molecule has 4 aromatic rings. The molecule has 0 aliphatic heterocycles. The number of pyridine rings is 1. The number of aromatic amines is 1. The zero-order valence-electron chi connectivity index (χ0n) is 13.8. The van der Waals surface area contributed by atoms with Crippen molar-refractivity contribution in [3.8, 4) is 0 Å². The zero-order chi connectivity index (χ0) is 17.2. The van der Waals surface area contributed by atoms with Crippen LogP contribution in [0.1, 0.15) is 22.9 Å². The Labute approximate surface area is 145 Å². The summed E-state index contributed by atoms with van der Waals surface area (Å²) >= 11 is 0. The summed E-state index contributed by atoms with van der Waals surface area (Å²) in [6.45, 7) is 2.05. The van der Waals surface area contributed by atoms with Gasteiger partial charge < -0.3 is 10.3 Å². The lowest BCUT2D eigenvalue weighted by atomic mass is 9.96. The highest BCUT2D eigenvalue weighted by molar-refractivity contribution is 5.86. The summed E-state index contributed by atoms with van der Waals surface area (Å²) in [6, 6.07) is 18.6. The first-order chi connectivity index (χ1) is 12.2. The van der Waals surface area contributed by atoms with E-state index in [9.17, 15) is 4.39 Å². The van der Waals surface area contributed by atoms with Crippen molar-refractivity contribution in [1.29, 1.82) is 0 Å². The average molecular weight is 331 g/mol. The van der Waals surface area contributed by atoms with Crippen molar-refractivity contribution in [3.63, 3.8) is 0 Å². The fraction of sp³-hybridized carbons (Fsp3) is 0.0952. The van der Waals surface area contributed by atoms with Gasteiger partial charge in [-0.25, -0.2) is 4.39 Å². The number of nitrogens with zero attached hydrogens (tertiary/aromatic N) is 1. The predicted molar refractivity (Wildman–Crippen MR) is 99.1 cm³/mol. The third kappa shape index (κ3) is 2.87. The van der Waals surface area contributed by atoms with E-state index in [1.54, 1.807) is 24.5 Å². The normalized spacial score (nSPS) is 12.2. The second kappa shape index (κ2) is 6.40. The van der Waals surface area contributed by atoms with Crippen LogP contribution in [0.15, 0.2) is 73.1 Å². The molecule has 0 saturated heterocycles. The van der Waals surface area contributed by atoms with Crippen LogP contribution in [0.2, 0.25) is 0 Å². The highest BCUT2D eigenvalue weighted by Gasteiger charge is 2.21. The van der Waals surface area contributed by atoms with Crippen LogP contribution in [0, 0.1) is 12.7 Å². The van der Waals surface area contributed by atoms with E-state index in [0.717, 1.165) is 27.7 Å². The number of para-hydroxylation sites is 2. The monoisotopic (exact) mass is 331 g/mol. The number of fused-ring (bicyclic) bond motifs is 1. The molecule has 3 nitrogen and oxygen atoms in total. The van der Waals surface area contributed by atoms with Gasteiger partial charge in [-0.05, 0) is 42.8 Å². The molecule has 0 fully saturated rings. The van der Waals surface area contributed by atoms with E-state index < -0.39 is 0 Å². The van der Waals surface area contributed by atoms with Crippen molar-refractivity contribution in [3.05, 3.63) is 95.7 Å². The fourth-order valence-corrected chi connectivity index (χ4v) is 3.28. The minimum atomic E-state index is -0.265. The van der Waals surface area contributed by atoms with E-state index in [4.69, 9.17) is 0 Å². The first-order valence-corrected chi connectivity index (χ1v) is 8.22. The summed E-state index contributed by atoms with van der Waals surface area (Å²) in [6.07, 6.45) is 3.52. The van der Waals surface area contributed by atoms with Crippen LogP contribution in [-0.4, -0.2) is 9.97 Å². The Balaban J connectivity index is 1.88. The van der Waals surface area contributed by atoms with E-state index in [1.807, 2.05) is 37.3 Å². The lowest BCUT2D eigenvalue weighted by Crippen LogP contribution is -2.14. The topological polar surface area (TPSA) is 40.7 Å². The highest BCUT2D eigenvalue weighted by Crippen LogP contribution is 2.34. The van der Waals surface area contributed by atoms with Crippen LogP contribution in [0.5, 0.6) is 0 Å². The van der Waals surface area contributed by atoms with Crippen LogP contribution >= 0.6 is 0 Å². The Bertz CT molecular complexity index is 1010. The molecule has 4 rings (SSSR count). The molecule has 2 N–H and O–H groups in total. The number of H-pyrrole nitrogens is 1. The van der Waals surface area contributed by atoms with Gasteiger partial charge in [0.2, 0.25) is 0 Å². The maximum atomic E-state index is 14.2. The number of aromatic nitrogens is 2. The molecule has 0 aliphatic carbocycles. The van der Waals surface area contributed by atoms with E-state index in [0.29, 0.717) is 5.69 Å². The minimum Gasteiger partial charge on any atom is -0.372 e. The first kappa shape index (κ1) is 15.4. The molecule has 0 amide bonds. The Hall–Kier alpha value is -3.14. The molecular weight excluding hydrogens is 313 g/mol. The molecule has 1 unspecified atom stereocenters. The van der Waals surface area contributed by atoms with Crippen molar-refractivity contribution in [2.45, 2.75) is 13.0 Å². The number of aryl methyl sites for hydroxylation is 1. The maximum Gasteiger partial charge on any atom is 0.146 e. The third-order valence-corrected chi connectivity index (χ3v) is 4.45. The molecule has 1 atom stereocenters. The molecule has 2 aromatic heterocycles. The van der Waals surface area contributed by atoms with Gasteiger partial charge >= 0.3 is 0 Å². The second-order valence-corrected chi connectivity index (χ2v) is 6.05. The second-order valence-electron chi connectivity index (χ2n) is 6.05. The lowest BCUT2D eigenvalue weighted by Gasteiger charge is -2.21. The smallest absolute Gasteiger partial charge is 0.146 e. The largest absolute Gasteiger partial charge is 0.372 e. The van der Waals surface area contributed by atoms with Gasteiger partial charge in [-0.2, -0.15) is 0 Å². The number of nitrogens with one attached hydrogen (secondary N) is 2. The highest BCUT2D eigenvalue weighted by atomic mass is 19.1. The van der Waals surface area contributed by atoms with Crippen molar-refractivity contribution in [1.82, 2.24) is 9.97 Å². The van der Waals surface area contributed by atoms with Crippen molar-refractivity contribution in [2.24, 2.45) is 0 Å².